The normalized spacial score (nSPS) is 17.4. The minimum atomic E-state index is -0.146. The van der Waals surface area contributed by atoms with Crippen molar-refractivity contribution in [1.82, 2.24) is 19.4 Å². The van der Waals surface area contributed by atoms with Crippen molar-refractivity contribution in [1.29, 1.82) is 0 Å². The van der Waals surface area contributed by atoms with E-state index in [1.54, 1.807) is 10.8 Å². The summed E-state index contributed by atoms with van der Waals surface area (Å²) >= 11 is 0. The highest BCUT2D eigenvalue weighted by atomic mass is 16.5. The molecule has 170 valence electrons. The van der Waals surface area contributed by atoms with Crippen LogP contribution in [-0.2, 0) is 17.9 Å². The number of pyridine rings is 1. The van der Waals surface area contributed by atoms with Gasteiger partial charge < -0.3 is 19.9 Å². The number of nitrogens with one attached hydrogen (secondary N) is 1. The fourth-order valence-electron chi connectivity index (χ4n) is 4.47. The molecule has 2 aliphatic heterocycles. The number of aromatic nitrogens is 3. The maximum Gasteiger partial charge on any atom is 0.253 e. The molecule has 1 aromatic carbocycles. The van der Waals surface area contributed by atoms with Gasteiger partial charge in [-0.3, -0.25) is 9.36 Å². The van der Waals surface area contributed by atoms with Gasteiger partial charge in [-0.2, -0.15) is 4.98 Å². The maximum atomic E-state index is 12.7. The molecular weight excluding hydrogens is 416 g/mol. The second kappa shape index (κ2) is 9.22. The molecule has 8 heteroatoms. The van der Waals surface area contributed by atoms with Gasteiger partial charge in [-0.1, -0.05) is 5.92 Å². The highest BCUT2D eigenvalue weighted by Gasteiger charge is 2.18. The Hall–Kier alpha value is -3.41. The van der Waals surface area contributed by atoms with Gasteiger partial charge in [0, 0.05) is 74.1 Å². The molecule has 2 aliphatic rings. The zero-order valence-electron chi connectivity index (χ0n) is 18.9. The second-order valence-electron chi connectivity index (χ2n) is 8.64. The van der Waals surface area contributed by atoms with E-state index in [9.17, 15) is 4.79 Å². The predicted molar refractivity (Wildman–Crippen MR) is 130 cm³/mol. The molecule has 0 saturated carbocycles. The number of benzene rings is 1. The number of nitrogens with zero attached hydrogens (tertiary/aromatic N) is 5. The lowest BCUT2D eigenvalue weighted by atomic mass is 10.1. The Morgan fingerprint density at radius 1 is 1.12 bits per heavy atom. The molecule has 0 spiro atoms. The standard InChI is InChI=1S/C25H28N6O2/c1-3-18-15-23(32)31-8-4-5-13-33-17-19-14-20(27-25-26-16-21(18)24(31)28-25)6-7-22(19)30-11-9-29(2)10-12-30/h1,6-7,14-16H,4-5,8-13,17H2,2H3,(H,26,27,28). The van der Waals surface area contributed by atoms with Gasteiger partial charge in [-0.15, -0.1) is 6.42 Å². The second-order valence-corrected chi connectivity index (χ2v) is 8.64. The minimum absolute atomic E-state index is 0.146. The number of terminal acetylenes is 1. The number of likely N-dealkylation sites (N-methyl/N-ethyl adjacent to an activating group) is 1. The molecule has 0 unspecified atom stereocenters. The summed E-state index contributed by atoms with van der Waals surface area (Å²) < 4.78 is 7.73. The largest absolute Gasteiger partial charge is 0.377 e. The molecule has 1 N–H and O–H groups in total. The lowest BCUT2D eigenvalue weighted by Gasteiger charge is -2.35. The van der Waals surface area contributed by atoms with Gasteiger partial charge in [-0.05, 0) is 38.1 Å². The van der Waals surface area contributed by atoms with Crippen LogP contribution >= 0.6 is 0 Å². The topological polar surface area (TPSA) is 75.5 Å². The molecule has 2 aromatic heterocycles. The fraction of sp³-hybridized carbons (Fsp3) is 0.400. The fourth-order valence-corrected chi connectivity index (χ4v) is 4.47. The van der Waals surface area contributed by atoms with Crippen molar-refractivity contribution in [2.75, 3.05) is 50.1 Å². The van der Waals surface area contributed by atoms with E-state index in [4.69, 9.17) is 11.2 Å². The zero-order chi connectivity index (χ0) is 22.8. The molecule has 0 aliphatic carbocycles. The number of rotatable bonds is 1. The van der Waals surface area contributed by atoms with Gasteiger partial charge in [0.05, 0.1) is 12.0 Å². The van der Waals surface area contributed by atoms with Crippen LogP contribution in [0, 0.1) is 12.3 Å². The van der Waals surface area contributed by atoms with Gasteiger partial charge in [-0.25, -0.2) is 4.98 Å². The first-order valence-electron chi connectivity index (χ1n) is 11.4. The third-order valence-corrected chi connectivity index (χ3v) is 6.36. The SMILES string of the molecule is C#Cc1cc(=O)n2c3nc(ncc13)Nc1ccc(N3CCN(C)CC3)c(c1)COCCCC2. The summed E-state index contributed by atoms with van der Waals surface area (Å²) in [5, 5.41) is 4.01. The van der Waals surface area contributed by atoms with Crippen LogP contribution in [0.1, 0.15) is 24.0 Å². The smallest absolute Gasteiger partial charge is 0.253 e. The Balaban J connectivity index is 1.54. The van der Waals surface area contributed by atoms with E-state index in [0.29, 0.717) is 42.3 Å². The van der Waals surface area contributed by atoms with Crippen LogP contribution in [0.5, 0.6) is 0 Å². The van der Waals surface area contributed by atoms with Crippen molar-refractivity contribution >= 4 is 28.4 Å². The van der Waals surface area contributed by atoms with Crippen LogP contribution in [0.25, 0.3) is 11.0 Å². The van der Waals surface area contributed by atoms with Gasteiger partial charge in [0.15, 0.2) is 0 Å². The lowest BCUT2D eigenvalue weighted by Crippen LogP contribution is -2.44. The molecule has 33 heavy (non-hydrogen) atoms. The van der Waals surface area contributed by atoms with E-state index in [1.165, 1.54) is 11.8 Å². The minimum Gasteiger partial charge on any atom is -0.377 e. The molecule has 8 nitrogen and oxygen atoms in total. The Kier molecular flexibility index (Phi) is 5.99. The number of ether oxygens (including phenoxy) is 1. The molecule has 0 atom stereocenters. The highest BCUT2D eigenvalue weighted by molar-refractivity contribution is 5.82. The lowest BCUT2D eigenvalue weighted by molar-refractivity contribution is 0.116. The van der Waals surface area contributed by atoms with E-state index in [-0.39, 0.29) is 5.56 Å². The molecule has 5 rings (SSSR count). The van der Waals surface area contributed by atoms with Gasteiger partial charge >= 0.3 is 0 Å². The van der Waals surface area contributed by atoms with Gasteiger partial charge in [0.25, 0.3) is 5.56 Å². The number of aryl methyl sites for hydroxylation is 1. The monoisotopic (exact) mass is 444 g/mol. The molecule has 1 saturated heterocycles. The number of hydrogen-bond donors (Lipinski definition) is 1. The van der Waals surface area contributed by atoms with Crippen LogP contribution in [0.2, 0.25) is 0 Å². The van der Waals surface area contributed by atoms with Crippen LogP contribution in [0.4, 0.5) is 17.3 Å². The Labute approximate surface area is 193 Å². The van der Waals surface area contributed by atoms with Crippen LogP contribution in [0.3, 0.4) is 0 Å². The molecule has 0 radical (unpaired) electrons. The zero-order valence-corrected chi connectivity index (χ0v) is 18.9. The van der Waals surface area contributed by atoms with Gasteiger partial charge in [0.2, 0.25) is 5.95 Å². The number of hydrogen-bond acceptors (Lipinski definition) is 7. The van der Waals surface area contributed by atoms with E-state index >= 15 is 0 Å². The summed E-state index contributed by atoms with van der Waals surface area (Å²) in [6.45, 7) is 5.82. The molecule has 4 bridgehead atoms. The van der Waals surface area contributed by atoms with Crippen molar-refractivity contribution in [3.63, 3.8) is 0 Å². The van der Waals surface area contributed by atoms with E-state index in [1.807, 2.05) is 6.07 Å². The van der Waals surface area contributed by atoms with Gasteiger partial charge in [0.1, 0.15) is 5.65 Å². The van der Waals surface area contributed by atoms with Crippen molar-refractivity contribution in [2.45, 2.75) is 26.0 Å². The molecule has 0 amide bonds. The maximum absolute atomic E-state index is 12.7. The summed E-state index contributed by atoms with van der Waals surface area (Å²) in [5.41, 5.74) is 4.17. The van der Waals surface area contributed by atoms with E-state index < -0.39 is 0 Å². The molecule has 4 heterocycles. The molecular formula is C25H28N6O2. The van der Waals surface area contributed by atoms with Crippen molar-refractivity contribution in [2.24, 2.45) is 0 Å². The number of piperazine rings is 1. The molecule has 1 fully saturated rings. The third-order valence-electron chi connectivity index (χ3n) is 6.36. The van der Waals surface area contributed by atoms with Crippen molar-refractivity contribution in [3.05, 3.63) is 51.9 Å². The van der Waals surface area contributed by atoms with E-state index in [0.717, 1.165) is 50.3 Å². The highest BCUT2D eigenvalue weighted by Crippen LogP contribution is 2.28. The first-order valence-corrected chi connectivity index (χ1v) is 11.4. The number of anilines is 3. The summed E-state index contributed by atoms with van der Waals surface area (Å²) in [6.07, 6.45) is 8.99. The average Bonchev–Trinajstić information content (AvgIpc) is 2.82. The van der Waals surface area contributed by atoms with Crippen molar-refractivity contribution < 1.29 is 4.74 Å². The first-order chi connectivity index (χ1) is 16.1. The summed E-state index contributed by atoms with van der Waals surface area (Å²) in [6, 6.07) is 7.78. The summed E-state index contributed by atoms with van der Waals surface area (Å²) in [4.78, 5) is 26.6. The van der Waals surface area contributed by atoms with Crippen LogP contribution < -0.4 is 15.8 Å². The van der Waals surface area contributed by atoms with Crippen LogP contribution in [-0.4, -0.2) is 59.3 Å². The third kappa shape index (κ3) is 4.42. The van der Waals surface area contributed by atoms with E-state index in [2.05, 4.69) is 50.2 Å². The quantitative estimate of drug-likeness (QED) is 0.578. The van der Waals surface area contributed by atoms with Crippen molar-refractivity contribution in [3.8, 4) is 12.3 Å². The molecule has 3 aromatic rings. The first kappa shape index (κ1) is 21.4. The number of fused-ring (bicyclic) bond motifs is 3. The Bertz CT molecular complexity index is 1270. The summed E-state index contributed by atoms with van der Waals surface area (Å²) in [5.74, 6) is 3.02. The predicted octanol–water partition coefficient (Wildman–Crippen LogP) is 2.58. The average molecular weight is 445 g/mol. The van der Waals surface area contributed by atoms with Crippen LogP contribution in [0.15, 0.2) is 35.3 Å². The summed E-state index contributed by atoms with van der Waals surface area (Å²) in [7, 11) is 2.16. The Morgan fingerprint density at radius 2 is 1.97 bits per heavy atom. The Morgan fingerprint density at radius 3 is 2.79 bits per heavy atom.